The van der Waals surface area contributed by atoms with Gasteiger partial charge in [-0.05, 0) is 77.6 Å². The Morgan fingerprint density at radius 1 is 0.974 bits per heavy atom. The fourth-order valence-corrected chi connectivity index (χ4v) is 3.45. The lowest BCUT2D eigenvalue weighted by molar-refractivity contribution is -0.143. The van der Waals surface area contributed by atoms with E-state index in [0.717, 1.165) is 23.2 Å². The first-order valence-electron chi connectivity index (χ1n) is 12.9. The molecule has 1 atom stereocenters. The number of allylic oxidation sites excluding steroid dienone is 1. The van der Waals surface area contributed by atoms with Gasteiger partial charge in [0.25, 0.3) is 0 Å². The lowest BCUT2D eigenvalue weighted by Crippen LogP contribution is -2.45. The van der Waals surface area contributed by atoms with Gasteiger partial charge in [0.05, 0.1) is 7.11 Å². The Kier molecular flexibility index (Phi) is 11.1. The molecule has 0 saturated carbocycles. The van der Waals surface area contributed by atoms with E-state index in [0.29, 0.717) is 12.2 Å². The number of benzene rings is 1. The summed E-state index contributed by atoms with van der Waals surface area (Å²) in [6.45, 7) is 10.7. The van der Waals surface area contributed by atoms with E-state index in [4.69, 9.17) is 14.2 Å². The lowest BCUT2D eigenvalue weighted by Gasteiger charge is -2.24. The van der Waals surface area contributed by atoms with Gasteiger partial charge in [0.1, 0.15) is 23.1 Å². The van der Waals surface area contributed by atoms with E-state index in [1.54, 1.807) is 33.9 Å². The van der Waals surface area contributed by atoms with Crippen molar-refractivity contribution in [2.75, 3.05) is 19.1 Å². The smallest absolute Gasteiger partial charge is 0.415 e. The lowest BCUT2D eigenvalue weighted by atomic mass is 10.0. The molecule has 212 valence electrons. The number of hydrogen-bond donors (Lipinski definition) is 1. The number of methoxy groups -OCH3 is 1. The van der Waals surface area contributed by atoms with Gasteiger partial charge in [-0.25, -0.2) is 19.4 Å². The number of pyridine rings is 1. The average Bonchev–Trinajstić information content (AvgIpc) is 2.84. The van der Waals surface area contributed by atoms with Crippen molar-refractivity contribution < 1.29 is 28.6 Å². The van der Waals surface area contributed by atoms with Crippen molar-refractivity contribution in [3.8, 4) is 0 Å². The zero-order valence-electron chi connectivity index (χ0n) is 24.2. The summed E-state index contributed by atoms with van der Waals surface area (Å²) in [6, 6.07) is 12.4. The molecule has 9 heteroatoms. The predicted octanol–water partition coefficient (Wildman–Crippen LogP) is 5.71. The minimum absolute atomic E-state index is 0.273. The van der Waals surface area contributed by atoms with Crippen LogP contribution in [-0.2, 0) is 31.8 Å². The number of nitrogens with zero attached hydrogens (tertiary/aromatic N) is 2. The van der Waals surface area contributed by atoms with Crippen LogP contribution in [0.25, 0.3) is 6.08 Å². The number of aromatic nitrogens is 1. The van der Waals surface area contributed by atoms with Gasteiger partial charge in [0, 0.05) is 19.2 Å². The van der Waals surface area contributed by atoms with E-state index < -0.39 is 35.4 Å². The van der Waals surface area contributed by atoms with E-state index >= 15 is 0 Å². The number of nitrogens with one attached hydrogen (secondary N) is 1. The number of carbonyl (C=O) groups is 3. The first-order valence-corrected chi connectivity index (χ1v) is 12.9. The molecule has 0 unspecified atom stereocenters. The molecule has 0 bridgehead atoms. The van der Waals surface area contributed by atoms with E-state index in [2.05, 4.69) is 16.4 Å². The molecule has 39 heavy (non-hydrogen) atoms. The zero-order valence-corrected chi connectivity index (χ0v) is 24.2. The van der Waals surface area contributed by atoms with Crippen LogP contribution in [0.3, 0.4) is 0 Å². The predicted molar refractivity (Wildman–Crippen MR) is 152 cm³/mol. The van der Waals surface area contributed by atoms with Gasteiger partial charge < -0.3 is 19.5 Å². The molecule has 1 aromatic heterocycles. The molecule has 2 aromatic rings. The van der Waals surface area contributed by atoms with E-state index in [1.165, 1.54) is 12.0 Å². The molecule has 0 fully saturated rings. The maximum Gasteiger partial charge on any atom is 0.415 e. The first kappa shape index (κ1) is 31.3. The molecule has 0 aliphatic rings. The van der Waals surface area contributed by atoms with Crippen LogP contribution in [0.1, 0.15) is 64.8 Å². The number of alkyl carbamates (subject to hydrolysis) is 1. The standard InChI is InChI=1S/C30H41N3O6/c1-29(2,3)38-27(35)32-24(26(34)37-8)20-22-18-16-21(17-19-22)12-9-10-13-23-14-11-15-25(31-23)33(7)28(36)39-30(4,5)6/h9,11-12,14-19,24H,10,13,20H2,1-8H3,(H,32,35)/b12-9+/t24-/m0/s1. The van der Waals surface area contributed by atoms with Gasteiger partial charge >= 0.3 is 18.2 Å². The monoisotopic (exact) mass is 539 g/mol. The van der Waals surface area contributed by atoms with Crippen molar-refractivity contribution in [1.82, 2.24) is 10.3 Å². The summed E-state index contributed by atoms with van der Waals surface area (Å²) in [7, 11) is 2.93. The second-order valence-corrected chi connectivity index (χ2v) is 11.1. The topological polar surface area (TPSA) is 107 Å². The van der Waals surface area contributed by atoms with Gasteiger partial charge in [0.15, 0.2) is 0 Å². The van der Waals surface area contributed by atoms with Crippen LogP contribution < -0.4 is 10.2 Å². The van der Waals surface area contributed by atoms with Crippen LogP contribution in [0.2, 0.25) is 0 Å². The van der Waals surface area contributed by atoms with Crippen molar-refractivity contribution in [2.45, 2.75) is 78.0 Å². The van der Waals surface area contributed by atoms with E-state index in [1.807, 2.05) is 63.2 Å². The third kappa shape index (κ3) is 11.6. The number of hydrogen-bond acceptors (Lipinski definition) is 7. The fraction of sp³-hybridized carbons (Fsp3) is 0.467. The molecule has 2 amide bonds. The molecule has 0 aliphatic heterocycles. The number of aryl methyl sites for hydroxylation is 1. The van der Waals surface area contributed by atoms with E-state index in [9.17, 15) is 14.4 Å². The number of anilines is 1. The SMILES string of the molecule is COC(=O)[C@H](Cc1ccc(/C=C/CCc2cccc(N(C)C(=O)OC(C)(C)C)n2)cc1)NC(=O)OC(C)(C)C. The maximum atomic E-state index is 12.3. The summed E-state index contributed by atoms with van der Waals surface area (Å²) in [4.78, 5) is 42.6. The Balaban J connectivity index is 1.93. The highest BCUT2D eigenvalue weighted by Crippen LogP contribution is 2.16. The summed E-state index contributed by atoms with van der Waals surface area (Å²) in [5.41, 5.74) is 1.49. The van der Waals surface area contributed by atoms with Gasteiger partial charge in [-0.2, -0.15) is 0 Å². The van der Waals surface area contributed by atoms with Crippen molar-refractivity contribution in [1.29, 1.82) is 0 Å². The first-order chi connectivity index (χ1) is 18.2. The van der Waals surface area contributed by atoms with Crippen LogP contribution >= 0.6 is 0 Å². The molecule has 1 N–H and O–H groups in total. The molecule has 0 spiro atoms. The molecular formula is C30H41N3O6. The Morgan fingerprint density at radius 2 is 1.62 bits per heavy atom. The third-order valence-corrected chi connectivity index (χ3v) is 5.28. The normalized spacial score (nSPS) is 12.5. The fourth-order valence-electron chi connectivity index (χ4n) is 3.45. The number of amides is 2. The van der Waals surface area contributed by atoms with Crippen LogP contribution in [0.4, 0.5) is 15.4 Å². The summed E-state index contributed by atoms with van der Waals surface area (Å²) in [5, 5.41) is 2.59. The summed E-state index contributed by atoms with van der Waals surface area (Å²) < 4.78 is 15.5. The summed E-state index contributed by atoms with van der Waals surface area (Å²) in [6.07, 6.45) is 4.69. The van der Waals surface area contributed by atoms with Gasteiger partial charge in [0.2, 0.25) is 0 Å². The zero-order chi connectivity index (χ0) is 29.2. The second-order valence-electron chi connectivity index (χ2n) is 11.1. The van der Waals surface area contributed by atoms with Crippen molar-refractivity contribution in [3.63, 3.8) is 0 Å². The highest BCUT2D eigenvalue weighted by atomic mass is 16.6. The Hall–Kier alpha value is -3.88. The number of rotatable bonds is 9. The van der Waals surface area contributed by atoms with Crippen LogP contribution in [-0.4, -0.2) is 54.5 Å². The molecule has 0 aliphatic carbocycles. The molecule has 0 saturated heterocycles. The van der Waals surface area contributed by atoms with Gasteiger partial charge in [-0.1, -0.05) is 42.5 Å². The van der Waals surface area contributed by atoms with Crippen LogP contribution in [0.5, 0.6) is 0 Å². The highest BCUT2D eigenvalue weighted by Gasteiger charge is 2.25. The summed E-state index contributed by atoms with van der Waals surface area (Å²) >= 11 is 0. The second kappa shape index (κ2) is 13.8. The average molecular weight is 540 g/mol. The highest BCUT2D eigenvalue weighted by molar-refractivity contribution is 5.86. The van der Waals surface area contributed by atoms with Gasteiger partial charge in [-0.15, -0.1) is 0 Å². The Morgan fingerprint density at radius 3 is 2.21 bits per heavy atom. The summed E-state index contributed by atoms with van der Waals surface area (Å²) in [5.74, 6) is -0.00691. The molecule has 1 aromatic carbocycles. The molecule has 0 radical (unpaired) electrons. The third-order valence-electron chi connectivity index (χ3n) is 5.28. The quantitative estimate of drug-likeness (QED) is 0.321. The van der Waals surface area contributed by atoms with Gasteiger partial charge in [-0.3, -0.25) is 4.90 Å². The molecule has 9 nitrogen and oxygen atoms in total. The molecule has 1 heterocycles. The Bertz CT molecular complexity index is 1150. The van der Waals surface area contributed by atoms with E-state index in [-0.39, 0.29) is 6.42 Å². The maximum absolute atomic E-state index is 12.3. The molecule has 2 rings (SSSR count). The minimum Gasteiger partial charge on any atom is -0.467 e. The van der Waals surface area contributed by atoms with Crippen LogP contribution in [0, 0.1) is 0 Å². The largest absolute Gasteiger partial charge is 0.467 e. The van der Waals surface area contributed by atoms with Crippen molar-refractivity contribution >= 4 is 30.0 Å². The van der Waals surface area contributed by atoms with Crippen molar-refractivity contribution in [2.24, 2.45) is 0 Å². The number of carbonyl (C=O) groups excluding carboxylic acids is 3. The molecular weight excluding hydrogens is 498 g/mol. The minimum atomic E-state index is -0.858. The number of ether oxygens (including phenoxy) is 3. The number of esters is 1. The van der Waals surface area contributed by atoms with Crippen molar-refractivity contribution in [3.05, 3.63) is 65.4 Å². The Labute approximate surface area is 231 Å². The van der Waals surface area contributed by atoms with Crippen LogP contribution in [0.15, 0.2) is 48.5 Å².